The normalized spacial score (nSPS) is 11.5. The fraction of sp³-hybridized carbons (Fsp3) is 0.158. The third-order valence-electron chi connectivity index (χ3n) is 3.49. The highest BCUT2D eigenvalue weighted by Gasteiger charge is 2.05. The van der Waals surface area contributed by atoms with Crippen LogP contribution in [0.3, 0.4) is 0 Å². The van der Waals surface area contributed by atoms with Crippen molar-refractivity contribution in [2.24, 2.45) is 10.7 Å². The van der Waals surface area contributed by atoms with Crippen molar-refractivity contribution in [3.05, 3.63) is 71.7 Å². The molecule has 2 aromatic carbocycles. The van der Waals surface area contributed by atoms with Gasteiger partial charge in [-0.2, -0.15) is 0 Å². The van der Waals surface area contributed by atoms with E-state index in [1.54, 1.807) is 6.20 Å². The summed E-state index contributed by atoms with van der Waals surface area (Å²) in [6, 6.07) is 16.0. The monoisotopic (exact) mass is 320 g/mol. The molecule has 5 nitrogen and oxygen atoms in total. The predicted octanol–water partition coefficient (Wildman–Crippen LogP) is 3.89. The molecule has 3 rings (SSSR count). The number of aryl methyl sites for hydroxylation is 2. The van der Waals surface area contributed by atoms with Crippen LogP contribution in [-0.2, 0) is 6.54 Å². The maximum absolute atomic E-state index is 5.94. The molecule has 0 bridgehead atoms. The lowest BCUT2D eigenvalue weighted by Crippen LogP contribution is -2.22. The second kappa shape index (κ2) is 7.00. The second-order valence-electron chi connectivity index (χ2n) is 5.69. The first kappa shape index (κ1) is 15.8. The Morgan fingerprint density at radius 2 is 1.83 bits per heavy atom. The van der Waals surface area contributed by atoms with Crippen molar-refractivity contribution in [2.75, 3.05) is 5.32 Å². The van der Waals surface area contributed by atoms with E-state index >= 15 is 0 Å². The largest absolute Gasteiger partial charge is 0.439 e. The Bertz CT molecular complexity index is 833. The van der Waals surface area contributed by atoms with Gasteiger partial charge in [0.1, 0.15) is 6.54 Å². The van der Waals surface area contributed by atoms with Crippen LogP contribution in [0, 0.1) is 13.8 Å². The molecule has 0 unspecified atom stereocenters. The molecule has 0 aliphatic carbocycles. The fourth-order valence-electron chi connectivity index (χ4n) is 2.51. The molecule has 0 fully saturated rings. The molecule has 1 heterocycles. The summed E-state index contributed by atoms with van der Waals surface area (Å²) < 4.78 is 5.71. The van der Waals surface area contributed by atoms with Crippen LogP contribution in [0.2, 0.25) is 0 Å². The number of nitrogens with two attached hydrogens (primary N) is 1. The van der Waals surface area contributed by atoms with Gasteiger partial charge in [-0.15, -0.1) is 0 Å². The van der Waals surface area contributed by atoms with Gasteiger partial charge in [-0.3, -0.25) is 0 Å². The van der Waals surface area contributed by atoms with Crippen molar-refractivity contribution >= 4 is 11.6 Å². The van der Waals surface area contributed by atoms with Crippen LogP contribution in [0.1, 0.15) is 17.0 Å². The molecular weight excluding hydrogens is 300 g/mol. The van der Waals surface area contributed by atoms with Gasteiger partial charge in [0.25, 0.3) is 0 Å². The first-order valence-corrected chi connectivity index (χ1v) is 7.75. The van der Waals surface area contributed by atoms with E-state index in [0.717, 1.165) is 17.0 Å². The van der Waals surface area contributed by atoms with Crippen molar-refractivity contribution in [1.29, 1.82) is 0 Å². The third-order valence-corrected chi connectivity index (χ3v) is 3.49. The highest BCUT2D eigenvalue weighted by Crippen LogP contribution is 2.20. The van der Waals surface area contributed by atoms with Crippen LogP contribution in [0.15, 0.2) is 64.1 Å². The Labute approximate surface area is 141 Å². The summed E-state index contributed by atoms with van der Waals surface area (Å²) in [4.78, 5) is 8.53. The van der Waals surface area contributed by atoms with Crippen LogP contribution in [0.5, 0.6) is 0 Å². The zero-order chi connectivity index (χ0) is 16.9. The first-order chi connectivity index (χ1) is 11.6. The average molecular weight is 320 g/mol. The number of aliphatic imine (C=N–C) groups is 1. The Hall–Kier alpha value is -3.08. The second-order valence-corrected chi connectivity index (χ2v) is 5.69. The third kappa shape index (κ3) is 4.01. The fourth-order valence-corrected chi connectivity index (χ4v) is 2.51. The van der Waals surface area contributed by atoms with Crippen LogP contribution >= 0.6 is 0 Å². The Balaban J connectivity index is 1.66. The van der Waals surface area contributed by atoms with E-state index in [4.69, 9.17) is 10.2 Å². The first-order valence-electron chi connectivity index (χ1n) is 7.75. The molecular formula is C19H20N4O. The lowest BCUT2D eigenvalue weighted by molar-refractivity contribution is 0.510. The summed E-state index contributed by atoms with van der Waals surface area (Å²) in [6.07, 6.45) is 1.70. The Morgan fingerprint density at radius 1 is 1.12 bits per heavy atom. The summed E-state index contributed by atoms with van der Waals surface area (Å²) in [7, 11) is 0. The molecule has 0 radical (unpaired) electrons. The topological polar surface area (TPSA) is 76.4 Å². The summed E-state index contributed by atoms with van der Waals surface area (Å²) in [5.74, 6) is 1.58. The summed E-state index contributed by atoms with van der Waals surface area (Å²) in [6.45, 7) is 4.38. The minimum absolute atomic E-state index is 0.288. The molecule has 3 aromatic rings. The van der Waals surface area contributed by atoms with Gasteiger partial charge in [-0.1, -0.05) is 36.4 Å². The number of guanidine groups is 1. The average Bonchev–Trinajstić information content (AvgIpc) is 3.02. The van der Waals surface area contributed by atoms with Gasteiger partial charge < -0.3 is 15.5 Å². The number of nitrogens with one attached hydrogen (secondary N) is 1. The molecule has 122 valence electrons. The van der Waals surface area contributed by atoms with E-state index in [-0.39, 0.29) is 6.54 Å². The van der Waals surface area contributed by atoms with Crippen molar-refractivity contribution < 1.29 is 4.42 Å². The van der Waals surface area contributed by atoms with E-state index < -0.39 is 0 Å². The van der Waals surface area contributed by atoms with Gasteiger partial charge in [0, 0.05) is 11.3 Å². The zero-order valence-corrected chi connectivity index (χ0v) is 13.8. The number of aromatic nitrogens is 1. The van der Waals surface area contributed by atoms with E-state index in [0.29, 0.717) is 11.9 Å². The van der Waals surface area contributed by atoms with E-state index in [2.05, 4.69) is 21.4 Å². The number of oxazole rings is 1. The number of hydrogen-bond acceptors (Lipinski definition) is 3. The van der Waals surface area contributed by atoms with E-state index in [1.165, 1.54) is 11.1 Å². The lowest BCUT2D eigenvalue weighted by atomic mass is 10.1. The van der Waals surface area contributed by atoms with Crippen LogP contribution in [0.25, 0.3) is 11.3 Å². The molecule has 0 aliphatic heterocycles. The number of anilines is 1. The molecule has 0 aliphatic rings. The maximum Gasteiger partial charge on any atom is 0.216 e. The molecule has 5 heteroatoms. The van der Waals surface area contributed by atoms with Crippen molar-refractivity contribution in [1.82, 2.24) is 4.98 Å². The summed E-state index contributed by atoms with van der Waals surface area (Å²) in [5.41, 5.74) is 10.2. The minimum atomic E-state index is 0.288. The number of benzene rings is 2. The number of hydrogen-bond donors (Lipinski definition) is 2. The van der Waals surface area contributed by atoms with Crippen molar-refractivity contribution in [2.45, 2.75) is 20.4 Å². The van der Waals surface area contributed by atoms with Crippen molar-refractivity contribution in [3.8, 4) is 11.3 Å². The van der Waals surface area contributed by atoms with Gasteiger partial charge in [0.2, 0.25) is 5.89 Å². The highest BCUT2D eigenvalue weighted by molar-refractivity contribution is 5.92. The summed E-state index contributed by atoms with van der Waals surface area (Å²) >= 11 is 0. The van der Waals surface area contributed by atoms with E-state index in [9.17, 15) is 0 Å². The van der Waals surface area contributed by atoms with Crippen molar-refractivity contribution in [3.63, 3.8) is 0 Å². The summed E-state index contributed by atoms with van der Waals surface area (Å²) in [5, 5.41) is 3.09. The Kier molecular flexibility index (Phi) is 4.61. The molecule has 0 atom stereocenters. The predicted molar refractivity (Wildman–Crippen MR) is 96.8 cm³/mol. The molecule has 24 heavy (non-hydrogen) atoms. The standard InChI is InChI=1S/C19H20N4O/c1-13-8-14(2)10-16(9-13)23-19(20)22-12-18-21-11-17(24-18)15-6-4-3-5-7-15/h3-11H,12H2,1-2H3,(H3,20,22,23). The van der Waals surface area contributed by atoms with Gasteiger partial charge >= 0.3 is 0 Å². The maximum atomic E-state index is 5.94. The van der Waals surface area contributed by atoms with Gasteiger partial charge in [-0.25, -0.2) is 9.98 Å². The molecule has 3 N–H and O–H groups in total. The molecule has 0 amide bonds. The van der Waals surface area contributed by atoms with Gasteiger partial charge in [0.05, 0.1) is 6.20 Å². The smallest absolute Gasteiger partial charge is 0.216 e. The van der Waals surface area contributed by atoms with Crippen LogP contribution in [-0.4, -0.2) is 10.9 Å². The Morgan fingerprint density at radius 3 is 2.54 bits per heavy atom. The van der Waals surface area contributed by atoms with Gasteiger partial charge in [-0.05, 0) is 37.1 Å². The SMILES string of the molecule is Cc1cc(C)cc(NC(N)=NCc2ncc(-c3ccccc3)o2)c1. The number of rotatable bonds is 4. The van der Waals surface area contributed by atoms with Crippen LogP contribution < -0.4 is 11.1 Å². The zero-order valence-electron chi connectivity index (χ0n) is 13.8. The van der Waals surface area contributed by atoms with Crippen LogP contribution in [0.4, 0.5) is 5.69 Å². The highest BCUT2D eigenvalue weighted by atomic mass is 16.4. The minimum Gasteiger partial charge on any atom is -0.439 e. The lowest BCUT2D eigenvalue weighted by Gasteiger charge is -2.07. The quantitative estimate of drug-likeness (QED) is 0.565. The molecule has 0 saturated carbocycles. The molecule has 0 saturated heterocycles. The van der Waals surface area contributed by atoms with E-state index in [1.807, 2.05) is 56.3 Å². The molecule has 1 aromatic heterocycles. The number of nitrogens with zero attached hydrogens (tertiary/aromatic N) is 2. The van der Waals surface area contributed by atoms with Gasteiger partial charge in [0.15, 0.2) is 11.7 Å². The molecule has 0 spiro atoms.